The van der Waals surface area contributed by atoms with Crippen molar-refractivity contribution < 1.29 is 19.0 Å². The molecule has 0 saturated carbocycles. The lowest BCUT2D eigenvalue weighted by Crippen LogP contribution is -2.25. The topological polar surface area (TPSA) is 44.8 Å². The van der Waals surface area contributed by atoms with Crippen molar-refractivity contribution in [2.24, 2.45) is 5.92 Å². The quantitative estimate of drug-likeness (QED) is 0.325. The zero-order valence-electron chi connectivity index (χ0n) is 14.4. The number of allylic oxidation sites excluding steroid dienone is 1. The molecule has 0 aromatic rings. The van der Waals surface area contributed by atoms with Crippen molar-refractivity contribution in [3.63, 3.8) is 0 Å². The van der Waals surface area contributed by atoms with E-state index >= 15 is 0 Å². The highest BCUT2D eigenvalue weighted by molar-refractivity contribution is 5.69. The first-order valence-corrected chi connectivity index (χ1v) is 8.56. The predicted octanol–water partition coefficient (Wildman–Crippen LogP) is 4.23. The number of carbonyl (C=O) groups excluding carboxylic acids is 1. The van der Waals surface area contributed by atoms with Gasteiger partial charge in [-0.1, -0.05) is 45.1 Å². The summed E-state index contributed by atoms with van der Waals surface area (Å²) in [7, 11) is 0. The van der Waals surface area contributed by atoms with Gasteiger partial charge in [0.2, 0.25) is 0 Å². The van der Waals surface area contributed by atoms with E-state index in [2.05, 4.69) is 13.5 Å². The lowest BCUT2D eigenvalue weighted by atomic mass is 9.97. The van der Waals surface area contributed by atoms with Crippen LogP contribution in [0.4, 0.5) is 0 Å². The van der Waals surface area contributed by atoms with Gasteiger partial charge in [-0.3, -0.25) is 4.79 Å². The zero-order valence-corrected chi connectivity index (χ0v) is 14.4. The Labute approximate surface area is 135 Å². The molecule has 1 rings (SSSR count). The number of rotatable bonds is 11. The average molecular weight is 312 g/mol. The Kier molecular flexibility index (Phi) is 8.72. The second kappa shape index (κ2) is 10.0. The molecule has 0 amide bonds. The Morgan fingerprint density at radius 2 is 2.09 bits per heavy atom. The van der Waals surface area contributed by atoms with Crippen LogP contribution in [0.25, 0.3) is 0 Å². The summed E-state index contributed by atoms with van der Waals surface area (Å²) in [5, 5.41) is 0. The van der Waals surface area contributed by atoms with Crippen molar-refractivity contribution in [2.75, 3.05) is 13.2 Å². The number of hydrogen-bond acceptors (Lipinski definition) is 4. The third-order valence-corrected chi connectivity index (χ3v) is 3.94. The van der Waals surface area contributed by atoms with E-state index in [0.29, 0.717) is 13.0 Å². The summed E-state index contributed by atoms with van der Waals surface area (Å²) in [5.74, 6) is -0.530. The fourth-order valence-electron chi connectivity index (χ4n) is 2.62. The average Bonchev–Trinajstić information content (AvgIpc) is 2.83. The predicted molar refractivity (Wildman–Crippen MR) is 87.5 cm³/mol. The second-order valence-electron chi connectivity index (χ2n) is 6.54. The molecule has 0 aromatic heterocycles. The van der Waals surface area contributed by atoms with Gasteiger partial charge in [0.15, 0.2) is 5.79 Å². The SMILES string of the molecule is C=CC(CCCCCCC)CC(=O)OCC1COC(C)(C)O1. The maximum Gasteiger partial charge on any atom is 0.306 e. The molecule has 0 spiro atoms. The molecule has 2 unspecified atom stereocenters. The van der Waals surface area contributed by atoms with E-state index in [-0.39, 0.29) is 24.6 Å². The van der Waals surface area contributed by atoms with Crippen LogP contribution in [0.5, 0.6) is 0 Å². The molecule has 2 atom stereocenters. The van der Waals surface area contributed by atoms with Gasteiger partial charge in [-0.15, -0.1) is 6.58 Å². The summed E-state index contributed by atoms with van der Waals surface area (Å²) in [5.41, 5.74) is 0. The molecule has 1 fully saturated rings. The Morgan fingerprint density at radius 3 is 2.68 bits per heavy atom. The molecule has 0 aromatic carbocycles. The summed E-state index contributed by atoms with van der Waals surface area (Å²) in [6.07, 6.45) is 9.34. The van der Waals surface area contributed by atoms with E-state index in [4.69, 9.17) is 14.2 Å². The molecule has 4 heteroatoms. The molecule has 0 radical (unpaired) electrons. The molecule has 4 nitrogen and oxygen atoms in total. The van der Waals surface area contributed by atoms with Crippen molar-refractivity contribution >= 4 is 5.97 Å². The number of carbonyl (C=O) groups is 1. The zero-order chi connectivity index (χ0) is 16.4. The van der Waals surface area contributed by atoms with Crippen LogP contribution in [0, 0.1) is 5.92 Å². The van der Waals surface area contributed by atoms with Crippen LogP contribution < -0.4 is 0 Å². The van der Waals surface area contributed by atoms with Gasteiger partial charge in [0.25, 0.3) is 0 Å². The minimum absolute atomic E-state index is 0.157. The van der Waals surface area contributed by atoms with Crippen LogP contribution in [0.15, 0.2) is 12.7 Å². The summed E-state index contributed by atoms with van der Waals surface area (Å²) >= 11 is 0. The first-order chi connectivity index (χ1) is 10.5. The van der Waals surface area contributed by atoms with E-state index in [1.54, 1.807) is 0 Å². The minimum Gasteiger partial charge on any atom is -0.463 e. The molecule has 128 valence electrons. The molecule has 22 heavy (non-hydrogen) atoms. The normalized spacial score (nSPS) is 21.5. The van der Waals surface area contributed by atoms with Crippen molar-refractivity contribution in [1.29, 1.82) is 0 Å². The highest BCUT2D eigenvalue weighted by Gasteiger charge is 2.33. The summed E-state index contributed by atoms with van der Waals surface area (Å²) in [6, 6.07) is 0. The smallest absolute Gasteiger partial charge is 0.306 e. The van der Waals surface area contributed by atoms with Crippen LogP contribution in [0.1, 0.15) is 65.7 Å². The Bertz CT molecular complexity index is 338. The third kappa shape index (κ3) is 7.95. The van der Waals surface area contributed by atoms with Crippen LogP contribution in [0.3, 0.4) is 0 Å². The van der Waals surface area contributed by atoms with Gasteiger partial charge in [-0.05, 0) is 26.2 Å². The molecular weight excluding hydrogens is 280 g/mol. The highest BCUT2D eigenvalue weighted by atomic mass is 16.7. The van der Waals surface area contributed by atoms with Crippen LogP contribution >= 0.6 is 0 Å². The number of esters is 1. The van der Waals surface area contributed by atoms with Crippen molar-refractivity contribution in [3.05, 3.63) is 12.7 Å². The van der Waals surface area contributed by atoms with E-state index in [1.807, 2.05) is 19.9 Å². The summed E-state index contributed by atoms with van der Waals surface area (Å²) in [4.78, 5) is 11.9. The number of hydrogen-bond donors (Lipinski definition) is 0. The van der Waals surface area contributed by atoms with Gasteiger partial charge in [-0.2, -0.15) is 0 Å². The van der Waals surface area contributed by atoms with E-state index < -0.39 is 5.79 Å². The van der Waals surface area contributed by atoms with Crippen molar-refractivity contribution in [2.45, 2.75) is 77.6 Å². The lowest BCUT2D eigenvalue weighted by Gasteiger charge is -2.17. The van der Waals surface area contributed by atoms with Gasteiger partial charge in [0.1, 0.15) is 12.7 Å². The molecule has 1 heterocycles. The van der Waals surface area contributed by atoms with Gasteiger partial charge in [0, 0.05) is 0 Å². The monoisotopic (exact) mass is 312 g/mol. The second-order valence-corrected chi connectivity index (χ2v) is 6.54. The number of ether oxygens (including phenoxy) is 3. The molecule has 1 aliphatic heterocycles. The molecule has 1 saturated heterocycles. The van der Waals surface area contributed by atoms with Gasteiger partial charge in [0.05, 0.1) is 13.0 Å². The number of unbranched alkanes of at least 4 members (excludes halogenated alkanes) is 4. The van der Waals surface area contributed by atoms with Crippen LogP contribution in [0.2, 0.25) is 0 Å². The van der Waals surface area contributed by atoms with E-state index in [1.165, 1.54) is 25.7 Å². The van der Waals surface area contributed by atoms with E-state index in [9.17, 15) is 4.79 Å². The molecule has 0 N–H and O–H groups in total. The fourth-order valence-corrected chi connectivity index (χ4v) is 2.62. The van der Waals surface area contributed by atoms with Gasteiger partial charge >= 0.3 is 5.97 Å². The van der Waals surface area contributed by atoms with Crippen LogP contribution in [-0.4, -0.2) is 31.1 Å². The standard InChI is InChI=1S/C18H32O4/c1-5-7-8-9-10-11-15(6-2)12-17(19)20-13-16-14-21-18(3,4)22-16/h6,15-16H,2,5,7-14H2,1,3-4H3. The minimum atomic E-state index is -0.570. The summed E-state index contributed by atoms with van der Waals surface area (Å²) < 4.78 is 16.4. The van der Waals surface area contributed by atoms with Gasteiger partial charge in [-0.25, -0.2) is 0 Å². The summed E-state index contributed by atoms with van der Waals surface area (Å²) in [6.45, 7) is 10.5. The maximum atomic E-state index is 11.9. The van der Waals surface area contributed by atoms with E-state index in [0.717, 1.165) is 12.8 Å². The highest BCUT2D eigenvalue weighted by Crippen LogP contribution is 2.23. The lowest BCUT2D eigenvalue weighted by molar-refractivity contribution is -0.158. The molecule has 0 aliphatic carbocycles. The van der Waals surface area contributed by atoms with Gasteiger partial charge < -0.3 is 14.2 Å². The fraction of sp³-hybridized carbons (Fsp3) is 0.833. The molecule has 1 aliphatic rings. The maximum absolute atomic E-state index is 11.9. The van der Waals surface area contributed by atoms with Crippen molar-refractivity contribution in [3.8, 4) is 0 Å². The third-order valence-electron chi connectivity index (χ3n) is 3.94. The first-order valence-electron chi connectivity index (χ1n) is 8.56. The molecule has 0 bridgehead atoms. The Balaban J connectivity index is 2.15. The van der Waals surface area contributed by atoms with Crippen LogP contribution in [-0.2, 0) is 19.0 Å². The largest absolute Gasteiger partial charge is 0.463 e. The Hall–Kier alpha value is -0.870. The van der Waals surface area contributed by atoms with Crippen molar-refractivity contribution in [1.82, 2.24) is 0 Å². The Morgan fingerprint density at radius 1 is 1.36 bits per heavy atom. The first kappa shape index (κ1) is 19.2. The molecular formula is C18H32O4.